The molecule has 5 aromatic carbocycles. The van der Waals surface area contributed by atoms with Crippen molar-refractivity contribution < 1.29 is 24.1 Å². The largest absolute Gasteiger partial charge is 0.454 e. The smallest absolute Gasteiger partial charge is 0.338 e. The van der Waals surface area contributed by atoms with Gasteiger partial charge in [0.05, 0.1) is 30.0 Å². The number of thioether (sulfide) groups is 2. The Morgan fingerprint density at radius 3 is 1.47 bits per heavy atom. The van der Waals surface area contributed by atoms with E-state index in [-0.39, 0.29) is 17.8 Å². The van der Waals surface area contributed by atoms with E-state index in [1.807, 2.05) is 115 Å². The van der Waals surface area contributed by atoms with Crippen molar-refractivity contribution in [1.82, 2.24) is 0 Å². The second kappa shape index (κ2) is 19.1. The number of benzene rings is 5. The van der Waals surface area contributed by atoms with E-state index in [2.05, 4.69) is 24.3 Å². The van der Waals surface area contributed by atoms with Crippen LogP contribution in [0.4, 0.5) is 0 Å². The molecule has 0 bridgehead atoms. The molecule has 0 spiro atoms. The third-order valence-electron chi connectivity index (χ3n) is 7.42. The van der Waals surface area contributed by atoms with Gasteiger partial charge in [-0.05, 0) is 34.4 Å². The molecule has 242 valence electrons. The second-order valence-corrected chi connectivity index (χ2v) is 13.6. The van der Waals surface area contributed by atoms with Crippen LogP contribution in [0.25, 0.3) is 0 Å². The van der Waals surface area contributed by atoms with E-state index >= 15 is 0 Å². The van der Waals surface area contributed by atoms with Gasteiger partial charge >= 0.3 is 5.97 Å². The number of aliphatic hydroxyl groups is 1. The summed E-state index contributed by atoms with van der Waals surface area (Å²) in [5.74, 6) is 0.920. The van der Waals surface area contributed by atoms with Gasteiger partial charge in [-0.25, -0.2) is 4.79 Å². The number of ether oxygens (including phenoxy) is 3. The van der Waals surface area contributed by atoms with E-state index in [9.17, 15) is 9.90 Å². The van der Waals surface area contributed by atoms with Crippen molar-refractivity contribution in [2.75, 3.05) is 6.61 Å². The van der Waals surface area contributed by atoms with Crippen LogP contribution in [0.3, 0.4) is 0 Å². The van der Waals surface area contributed by atoms with Crippen molar-refractivity contribution in [2.45, 2.75) is 47.6 Å². The molecule has 0 amide bonds. The molecule has 0 saturated carbocycles. The molecule has 1 N–H and O–H groups in total. The highest BCUT2D eigenvalue weighted by molar-refractivity contribution is 8.16. The quantitative estimate of drug-likeness (QED) is 0.0744. The summed E-state index contributed by atoms with van der Waals surface area (Å²) in [6, 6.07) is 49.1. The van der Waals surface area contributed by atoms with Crippen molar-refractivity contribution >= 4 is 29.5 Å². The molecule has 0 aliphatic rings. The maximum absolute atomic E-state index is 13.7. The molecule has 0 aliphatic carbocycles. The molecule has 5 aromatic rings. The Kier molecular flexibility index (Phi) is 14.0. The Morgan fingerprint density at radius 2 is 0.979 bits per heavy atom. The van der Waals surface area contributed by atoms with Crippen LogP contribution in [0.2, 0.25) is 0 Å². The van der Waals surface area contributed by atoms with Crippen LogP contribution >= 0.6 is 23.5 Å². The topological polar surface area (TPSA) is 65.0 Å². The molecule has 0 radical (unpaired) electrons. The first-order valence-corrected chi connectivity index (χ1v) is 17.8. The Hall–Kier alpha value is -3.85. The summed E-state index contributed by atoms with van der Waals surface area (Å²) in [5, 5.41) is 11.8. The minimum Gasteiger partial charge on any atom is -0.454 e. The van der Waals surface area contributed by atoms with Crippen molar-refractivity contribution in [3.63, 3.8) is 0 Å². The molecule has 47 heavy (non-hydrogen) atoms. The first-order chi connectivity index (χ1) is 23.2. The van der Waals surface area contributed by atoms with E-state index in [4.69, 9.17) is 14.2 Å². The summed E-state index contributed by atoms with van der Waals surface area (Å²) >= 11 is 3.36. The first-order valence-electron chi connectivity index (χ1n) is 15.7. The fourth-order valence-electron chi connectivity index (χ4n) is 4.94. The summed E-state index contributed by atoms with van der Waals surface area (Å²) in [4.78, 5) is 13.7. The molecule has 3 atom stereocenters. The predicted octanol–water partition coefficient (Wildman–Crippen LogP) is 8.57. The SMILES string of the molecule is O=C(O[C@@H](C(SCc1ccccc1)SCc1ccccc1)[C@@H](OCc1ccccc1)[C@H](O)COCc1ccccc1)c1ccccc1. The Bertz CT molecular complexity index is 1530. The third-order valence-corrected chi connectivity index (χ3v) is 10.4. The van der Waals surface area contributed by atoms with E-state index in [1.54, 1.807) is 35.7 Å². The molecular weight excluding hydrogens is 625 g/mol. The highest BCUT2D eigenvalue weighted by atomic mass is 32.2. The molecule has 7 heteroatoms. The number of rotatable bonds is 18. The van der Waals surface area contributed by atoms with Crippen LogP contribution in [0.15, 0.2) is 152 Å². The lowest BCUT2D eigenvalue weighted by atomic mass is 10.1. The maximum Gasteiger partial charge on any atom is 0.338 e. The van der Waals surface area contributed by atoms with Crippen LogP contribution < -0.4 is 0 Å². The number of carbonyl (C=O) groups is 1. The highest BCUT2D eigenvalue weighted by Gasteiger charge is 2.39. The molecule has 0 aromatic heterocycles. The number of esters is 1. The molecular formula is C40H40O5S2. The summed E-state index contributed by atoms with van der Waals surface area (Å²) in [7, 11) is 0. The molecule has 0 saturated heterocycles. The van der Waals surface area contributed by atoms with Crippen LogP contribution in [0.1, 0.15) is 32.6 Å². The molecule has 0 unspecified atom stereocenters. The van der Waals surface area contributed by atoms with Gasteiger partial charge in [-0.15, -0.1) is 23.5 Å². The minimum absolute atomic E-state index is 0.00711. The zero-order valence-electron chi connectivity index (χ0n) is 26.2. The third kappa shape index (κ3) is 11.4. The lowest BCUT2D eigenvalue weighted by molar-refractivity contribution is -0.126. The predicted molar refractivity (Wildman–Crippen MR) is 192 cm³/mol. The van der Waals surface area contributed by atoms with Crippen molar-refractivity contribution in [1.29, 1.82) is 0 Å². The van der Waals surface area contributed by atoms with Gasteiger partial charge in [0.15, 0.2) is 6.10 Å². The monoisotopic (exact) mass is 664 g/mol. The average molecular weight is 665 g/mol. The number of carbonyl (C=O) groups excluding carboxylic acids is 1. The Labute approximate surface area is 286 Å². The lowest BCUT2D eigenvalue weighted by Gasteiger charge is -2.35. The average Bonchev–Trinajstić information content (AvgIpc) is 3.13. The van der Waals surface area contributed by atoms with Gasteiger partial charge in [-0.1, -0.05) is 140 Å². The zero-order valence-corrected chi connectivity index (χ0v) is 27.8. The van der Waals surface area contributed by atoms with E-state index in [0.29, 0.717) is 23.7 Å². The van der Waals surface area contributed by atoms with Crippen LogP contribution in [0.5, 0.6) is 0 Å². The summed E-state index contributed by atoms with van der Waals surface area (Å²) < 4.78 is 18.7. The normalized spacial score (nSPS) is 13.1. The van der Waals surface area contributed by atoms with Gasteiger partial charge < -0.3 is 19.3 Å². The number of hydrogen-bond acceptors (Lipinski definition) is 7. The van der Waals surface area contributed by atoms with Crippen LogP contribution in [-0.2, 0) is 38.9 Å². The lowest BCUT2D eigenvalue weighted by Crippen LogP contribution is -2.48. The highest BCUT2D eigenvalue weighted by Crippen LogP contribution is 2.37. The van der Waals surface area contributed by atoms with Crippen LogP contribution in [0, 0.1) is 0 Å². The summed E-state index contributed by atoms with van der Waals surface area (Å²) in [5.41, 5.74) is 4.71. The van der Waals surface area contributed by atoms with Crippen molar-refractivity contribution in [2.24, 2.45) is 0 Å². The van der Waals surface area contributed by atoms with Gasteiger partial charge in [-0.3, -0.25) is 0 Å². The van der Waals surface area contributed by atoms with Gasteiger partial charge in [0.25, 0.3) is 0 Å². The van der Waals surface area contributed by atoms with E-state index in [0.717, 1.165) is 22.3 Å². The maximum atomic E-state index is 13.7. The van der Waals surface area contributed by atoms with E-state index < -0.39 is 24.3 Å². The molecule has 0 fully saturated rings. The van der Waals surface area contributed by atoms with Gasteiger partial charge in [0, 0.05) is 11.5 Å². The zero-order chi connectivity index (χ0) is 32.5. The molecule has 0 aliphatic heterocycles. The van der Waals surface area contributed by atoms with Crippen LogP contribution in [-0.4, -0.2) is 40.6 Å². The van der Waals surface area contributed by atoms with Gasteiger partial charge in [-0.2, -0.15) is 0 Å². The standard InChI is InChI=1S/C40H40O5S2/c41-36(28-43-26-31-16-6-1-7-17-31)37(44-27-32-18-8-2-9-19-32)38(45-39(42)35-24-14-5-15-25-35)40(46-29-33-20-10-3-11-21-33)47-30-34-22-12-4-13-23-34/h1-25,36-38,40-41H,26-30H2/t36-,37+,38-/m1/s1. The molecule has 5 rings (SSSR count). The van der Waals surface area contributed by atoms with E-state index in [1.165, 1.54) is 0 Å². The first kappa shape index (κ1) is 34.5. The fraction of sp³-hybridized carbons (Fsp3) is 0.225. The van der Waals surface area contributed by atoms with Crippen molar-refractivity contribution in [3.8, 4) is 0 Å². The molecule has 5 nitrogen and oxygen atoms in total. The number of aliphatic hydroxyl groups excluding tert-OH is 1. The summed E-state index contributed by atoms with van der Waals surface area (Å²) in [6.45, 7) is 0.583. The Morgan fingerprint density at radius 1 is 0.553 bits per heavy atom. The summed E-state index contributed by atoms with van der Waals surface area (Å²) in [6.07, 6.45) is -2.77. The second-order valence-electron chi connectivity index (χ2n) is 11.0. The number of hydrogen-bond donors (Lipinski definition) is 1. The van der Waals surface area contributed by atoms with Crippen molar-refractivity contribution in [3.05, 3.63) is 179 Å². The molecule has 0 heterocycles. The Balaban J connectivity index is 1.45. The minimum atomic E-state index is -1.08. The van der Waals surface area contributed by atoms with Gasteiger partial charge in [0.1, 0.15) is 12.2 Å². The van der Waals surface area contributed by atoms with Gasteiger partial charge in [0.2, 0.25) is 0 Å². The fourth-order valence-corrected chi connectivity index (χ4v) is 7.64.